The molecule has 0 amide bonds. The summed E-state index contributed by atoms with van der Waals surface area (Å²) in [7, 11) is 0. The van der Waals surface area contributed by atoms with E-state index in [2.05, 4.69) is 53.9 Å². The average Bonchev–Trinajstić information content (AvgIpc) is 2.46. The van der Waals surface area contributed by atoms with Crippen molar-refractivity contribution in [2.45, 2.75) is 53.9 Å². The zero-order valence-electron chi connectivity index (χ0n) is 13.7. The van der Waals surface area contributed by atoms with Gasteiger partial charge in [0.1, 0.15) is 5.82 Å². The van der Waals surface area contributed by atoms with Crippen LogP contribution >= 0.6 is 0 Å². The second-order valence-corrected chi connectivity index (χ2v) is 5.34. The molecule has 1 heterocycles. The maximum Gasteiger partial charge on any atom is 0.224 e. The average molecular weight is 278 g/mol. The van der Waals surface area contributed by atoms with Crippen LogP contribution in [0.5, 0.6) is 0 Å². The first-order chi connectivity index (χ1) is 9.64. The van der Waals surface area contributed by atoms with Crippen LogP contribution in [-0.4, -0.2) is 29.6 Å². The lowest BCUT2D eigenvalue weighted by Crippen LogP contribution is -2.30. The summed E-state index contributed by atoms with van der Waals surface area (Å²) in [6, 6.07) is 2.09. The number of nitrogens with zero attached hydrogens (tertiary/aromatic N) is 3. The highest BCUT2D eigenvalue weighted by Gasteiger charge is 2.13. The highest BCUT2D eigenvalue weighted by molar-refractivity contribution is 5.44. The van der Waals surface area contributed by atoms with Crippen LogP contribution in [0, 0.1) is 12.8 Å². The Hall–Kier alpha value is -1.32. The third kappa shape index (κ3) is 4.99. The Morgan fingerprint density at radius 1 is 1.15 bits per heavy atom. The van der Waals surface area contributed by atoms with E-state index in [1.54, 1.807) is 0 Å². The molecule has 0 bridgehead atoms. The van der Waals surface area contributed by atoms with E-state index >= 15 is 0 Å². The van der Waals surface area contributed by atoms with Crippen LogP contribution in [0.15, 0.2) is 6.07 Å². The van der Waals surface area contributed by atoms with Gasteiger partial charge in [-0.15, -0.1) is 0 Å². The molecule has 0 aliphatic heterocycles. The molecule has 1 rings (SSSR count). The Bertz CT molecular complexity index is 388. The number of anilines is 2. The minimum atomic E-state index is 0.734. The lowest BCUT2D eigenvalue weighted by molar-refractivity contribution is 0.484. The van der Waals surface area contributed by atoms with Gasteiger partial charge in [0, 0.05) is 31.4 Å². The van der Waals surface area contributed by atoms with Crippen LogP contribution in [0.3, 0.4) is 0 Å². The van der Waals surface area contributed by atoms with Gasteiger partial charge in [0.05, 0.1) is 0 Å². The van der Waals surface area contributed by atoms with Gasteiger partial charge in [0.15, 0.2) is 0 Å². The predicted octanol–water partition coefficient (Wildman–Crippen LogP) is 3.87. The van der Waals surface area contributed by atoms with E-state index in [9.17, 15) is 0 Å². The Morgan fingerprint density at radius 3 is 2.40 bits per heavy atom. The standard InChI is InChI=1S/C16H30N4/c1-6-10-17-16-18-13(5)11-15(19-16)20(9-4)12-14(7-2)8-3/h11,14H,6-10,12H2,1-5H3,(H,17,18,19). The fourth-order valence-corrected chi connectivity index (χ4v) is 2.27. The van der Waals surface area contributed by atoms with Crippen molar-refractivity contribution in [3.05, 3.63) is 11.8 Å². The van der Waals surface area contributed by atoms with Gasteiger partial charge in [-0.2, -0.15) is 4.98 Å². The molecule has 4 nitrogen and oxygen atoms in total. The van der Waals surface area contributed by atoms with Gasteiger partial charge in [-0.05, 0) is 26.2 Å². The molecule has 20 heavy (non-hydrogen) atoms. The van der Waals surface area contributed by atoms with Gasteiger partial charge in [-0.25, -0.2) is 4.98 Å². The summed E-state index contributed by atoms with van der Waals surface area (Å²) in [6.45, 7) is 13.9. The van der Waals surface area contributed by atoms with Crippen molar-refractivity contribution in [3.8, 4) is 0 Å². The lowest BCUT2D eigenvalue weighted by Gasteiger charge is -2.27. The summed E-state index contributed by atoms with van der Waals surface area (Å²) in [5.41, 5.74) is 1.02. The topological polar surface area (TPSA) is 41.1 Å². The molecule has 0 aliphatic rings. The molecular weight excluding hydrogens is 248 g/mol. The Balaban J connectivity index is 2.87. The Morgan fingerprint density at radius 2 is 1.85 bits per heavy atom. The van der Waals surface area contributed by atoms with E-state index in [1.165, 1.54) is 12.8 Å². The summed E-state index contributed by atoms with van der Waals surface area (Å²) < 4.78 is 0. The molecule has 0 spiro atoms. The number of aryl methyl sites for hydroxylation is 1. The summed E-state index contributed by atoms with van der Waals surface area (Å²) in [6.07, 6.45) is 3.52. The molecular formula is C16H30N4. The van der Waals surface area contributed by atoms with Crippen molar-refractivity contribution in [2.24, 2.45) is 5.92 Å². The van der Waals surface area contributed by atoms with E-state index in [0.717, 1.165) is 49.4 Å². The normalized spacial score (nSPS) is 10.9. The minimum absolute atomic E-state index is 0.734. The molecule has 1 aromatic rings. The van der Waals surface area contributed by atoms with E-state index in [1.807, 2.05) is 6.92 Å². The van der Waals surface area contributed by atoms with Crippen molar-refractivity contribution in [1.82, 2.24) is 9.97 Å². The third-order valence-electron chi connectivity index (χ3n) is 3.71. The van der Waals surface area contributed by atoms with E-state index in [-0.39, 0.29) is 0 Å². The van der Waals surface area contributed by atoms with E-state index in [4.69, 9.17) is 0 Å². The summed E-state index contributed by atoms with van der Waals surface area (Å²) in [5.74, 6) is 2.53. The van der Waals surface area contributed by atoms with Crippen LogP contribution < -0.4 is 10.2 Å². The van der Waals surface area contributed by atoms with E-state index in [0.29, 0.717) is 0 Å². The fraction of sp³-hybridized carbons (Fsp3) is 0.750. The zero-order chi connectivity index (χ0) is 15.0. The number of hydrogen-bond acceptors (Lipinski definition) is 4. The molecule has 1 N–H and O–H groups in total. The smallest absolute Gasteiger partial charge is 0.224 e. The largest absolute Gasteiger partial charge is 0.356 e. The maximum atomic E-state index is 4.67. The molecule has 1 aromatic heterocycles. The quantitative estimate of drug-likeness (QED) is 0.744. The monoisotopic (exact) mass is 278 g/mol. The second kappa shape index (κ2) is 8.77. The van der Waals surface area contributed by atoms with Crippen molar-refractivity contribution in [3.63, 3.8) is 0 Å². The molecule has 0 saturated carbocycles. The number of hydrogen-bond donors (Lipinski definition) is 1. The van der Waals surface area contributed by atoms with Gasteiger partial charge >= 0.3 is 0 Å². The molecule has 0 radical (unpaired) electrons. The van der Waals surface area contributed by atoms with Crippen molar-refractivity contribution in [2.75, 3.05) is 29.9 Å². The number of nitrogens with one attached hydrogen (secondary N) is 1. The molecule has 0 saturated heterocycles. The van der Waals surface area contributed by atoms with Crippen LogP contribution in [0.1, 0.15) is 52.7 Å². The number of rotatable bonds is 9. The Kier molecular flexibility index (Phi) is 7.34. The van der Waals surface area contributed by atoms with Crippen molar-refractivity contribution >= 4 is 11.8 Å². The van der Waals surface area contributed by atoms with Gasteiger partial charge in [0.25, 0.3) is 0 Å². The van der Waals surface area contributed by atoms with Crippen LogP contribution in [0.25, 0.3) is 0 Å². The van der Waals surface area contributed by atoms with Crippen LogP contribution in [-0.2, 0) is 0 Å². The number of aromatic nitrogens is 2. The first-order valence-corrected chi connectivity index (χ1v) is 7.98. The zero-order valence-corrected chi connectivity index (χ0v) is 13.7. The van der Waals surface area contributed by atoms with Crippen LogP contribution in [0.2, 0.25) is 0 Å². The Labute approximate surface area is 124 Å². The minimum Gasteiger partial charge on any atom is -0.356 e. The van der Waals surface area contributed by atoms with Crippen molar-refractivity contribution < 1.29 is 0 Å². The highest BCUT2D eigenvalue weighted by Crippen LogP contribution is 2.18. The predicted molar refractivity (Wildman–Crippen MR) is 87.5 cm³/mol. The fourth-order valence-electron chi connectivity index (χ4n) is 2.27. The maximum absolute atomic E-state index is 4.67. The molecule has 0 aromatic carbocycles. The van der Waals surface area contributed by atoms with Crippen molar-refractivity contribution in [1.29, 1.82) is 0 Å². The summed E-state index contributed by atoms with van der Waals surface area (Å²) in [4.78, 5) is 11.5. The third-order valence-corrected chi connectivity index (χ3v) is 3.71. The van der Waals surface area contributed by atoms with Gasteiger partial charge in [-0.1, -0.05) is 33.6 Å². The molecule has 0 atom stereocenters. The second-order valence-electron chi connectivity index (χ2n) is 5.34. The molecule has 4 heteroatoms. The van der Waals surface area contributed by atoms with Gasteiger partial charge < -0.3 is 10.2 Å². The highest BCUT2D eigenvalue weighted by atomic mass is 15.2. The summed E-state index contributed by atoms with van der Waals surface area (Å²) in [5, 5.41) is 3.29. The SMILES string of the molecule is CCCNc1nc(C)cc(N(CC)CC(CC)CC)n1. The van der Waals surface area contributed by atoms with Crippen LogP contribution in [0.4, 0.5) is 11.8 Å². The lowest BCUT2D eigenvalue weighted by atomic mass is 10.0. The van der Waals surface area contributed by atoms with E-state index < -0.39 is 0 Å². The molecule has 0 unspecified atom stereocenters. The molecule has 0 fully saturated rings. The first kappa shape index (κ1) is 16.7. The summed E-state index contributed by atoms with van der Waals surface area (Å²) >= 11 is 0. The molecule has 114 valence electrons. The van der Waals surface area contributed by atoms with Gasteiger partial charge in [-0.3, -0.25) is 0 Å². The molecule has 0 aliphatic carbocycles. The van der Waals surface area contributed by atoms with Gasteiger partial charge in [0.2, 0.25) is 5.95 Å². The first-order valence-electron chi connectivity index (χ1n) is 7.98.